The Kier molecular flexibility index (Phi) is 4.20. The summed E-state index contributed by atoms with van der Waals surface area (Å²) in [5, 5.41) is 0. The van der Waals surface area contributed by atoms with Crippen LogP contribution < -0.4 is 5.73 Å². The van der Waals surface area contributed by atoms with E-state index in [1.54, 1.807) is 0 Å². The summed E-state index contributed by atoms with van der Waals surface area (Å²) in [7, 11) is -3.72. The Labute approximate surface area is 111 Å². The second-order valence-corrected chi connectivity index (χ2v) is 7.11. The second kappa shape index (κ2) is 5.54. The first kappa shape index (κ1) is 14.4. The molecule has 0 saturated heterocycles. The average Bonchev–Trinajstić information content (AvgIpc) is 2.72. The van der Waals surface area contributed by atoms with Crippen LogP contribution in [0.4, 0.5) is 8.78 Å². The molecular formula is C13H17F2NO2S. The van der Waals surface area contributed by atoms with E-state index in [4.69, 9.17) is 5.73 Å². The van der Waals surface area contributed by atoms with E-state index in [9.17, 15) is 17.2 Å². The normalized spacial score (nSPS) is 23.7. The number of rotatable bonds is 4. The van der Waals surface area contributed by atoms with Gasteiger partial charge in [-0.3, -0.25) is 0 Å². The second-order valence-electron chi connectivity index (χ2n) is 5.04. The molecule has 106 valence electrons. The van der Waals surface area contributed by atoms with Gasteiger partial charge < -0.3 is 5.73 Å². The summed E-state index contributed by atoms with van der Waals surface area (Å²) in [6, 6.07) is 2.56. The van der Waals surface area contributed by atoms with Crippen LogP contribution in [0, 0.1) is 17.6 Å². The molecule has 2 rings (SSSR count). The Hall–Kier alpha value is -1.01. The van der Waals surface area contributed by atoms with E-state index in [1.807, 2.05) is 0 Å². The molecule has 2 N–H and O–H groups in total. The highest BCUT2D eigenvalue weighted by Crippen LogP contribution is 2.28. The van der Waals surface area contributed by atoms with Gasteiger partial charge in [-0.15, -0.1) is 0 Å². The molecule has 0 amide bonds. The predicted molar refractivity (Wildman–Crippen MR) is 68.3 cm³/mol. The molecule has 2 unspecified atom stereocenters. The Bertz CT molecular complexity index is 560. The quantitative estimate of drug-likeness (QED) is 0.865. The van der Waals surface area contributed by atoms with Crippen molar-refractivity contribution in [2.45, 2.75) is 36.6 Å². The van der Waals surface area contributed by atoms with Gasteiger partial charge in [0.1, 0.15) is 16.5 Å². The Balaban J connectivity index is 2.09. The summed E-state index contributed by atoms with van der Waals surface area (Å²) < 4.78 is 50.3. The van der Waals surface area contributed by atoms with Crippen molar-refractivity contribution >= 4 is 9.84 Å². The van der Waals surface area contributed by atoms with Gasteiger partial charge in [0, 0.05) is 12.1 Å². The predicted octanol–water partition coefficient (Wildman–Crippen LogP) is 2.26. The Morgan fingerprint density at radius 1 is 1.26 bits per heavy atom. The Morgan fingerprint density at radius 2 is 2.00 bits per heavy atom. The molecule has 1 aliphatic rings. The zero-order valence-corrected chi connectivity index (χ0v) is 11.3. The summed E-state index contributed by atoms with van der Waals surface area (Å²) in [6.45, 7) is 0. The molecule has 1 aromatic carbocycles. The van der Waals surface area contributed by atoms with E-state index in [2.05, 4.69) is 0 Å². The van der Waals surface area contributed by atoms with Gasteiger partial charge in [0.2, 0.25) is 0 Å². The molecule has 1 fully saturated rings. The molecule has 0 aromatic heterocycles. The van der Waals surface area contributed by atoms with Gasteiger partial charge in [0.05, 0.1) is 5.75 Å². The first-order valence-corrected chi connectivity index (χ1v) is 7.99. The SMILES string of the molecule is NC1CCCC1CCS(=O)(=O)c1ccc(F)cc1F. The van der Waals surface area contributed by atoms with Crippen LogP contribution in [0.5, 0.6) is 0 Å². The summed E-state index contributed by atoms with van der Waals surface area (Å²) in [6.07, 6.45) is 3.27. The number of hydrogen-bond donors (Lipinski definition) is 1. The van der Waals surface area contributed by atoms with Gasteiger partial charge in [-0.2, -0.15) is 0 Å². The largest absolute Gasteiger partial charge is 0.327 e. The molecule has 19 heavy (non-hydrogen) atoms. The lowest BCUT2D eigenvalue weighted by Gasteiger charge is -2.15. The molecule has 0 heterocycles. The minimum absolute atomic E-state index is 0.0354. The van der Waals surface area contributed by atoms with Gasteiger partial charge in [-0.05, 0) is 37.3 Å². The van der Waals surface area contributed by atoms with E-state index in [-0.39, 0.29) is 17.7 Å². The van der Waals surface area contributed by atoms with Crippen molar-refractivity contribution in [2.24, 2.45) is 11.7 Å². The number of benzene rings is 1. The number of halogens is 2. The lowest BCUT2D eigenvalue weighted by molar-refractivity contribution is 0.463. The molecule has 0 aliphatic heterocycles. The van der Waals surface area contributed by atoms with Crippen LogP contribution in [0.3, 0.4) is 0 Å². The minimum Gasteiger partial charge on any atom is -0.327 e. The molecule has 1 aliphatic carbocycles. The highest BCUT2D eigenvalue weighted by atomic mass is 32.2. The summed E-state index contributed by atoms with van der Waals surface area (Å²) >= 11 is 0. The fourth-order valence-electron chi connectivity index (χ4n) is 2.57. The van der Waals surface area contributed by atoms with Crippen LogP contribution in [0.25, 0.3) is 0 Å². The molecule has 3 nitrogen and oxygen atoms in total. The molecule has 0 bridgehead atoms. The lowest BCUT2D eigenvalue weighted by Crippen LogP contribution is -2.26. The van der Waals surface area contributed by atoms with Crippen molar-refractivity contribution in [3.63, 3.8) is 0 Å². The molecule has 0 radical (unpaired) electrons. The van der Waals surface area contributed by atoms with Crippen LogP contribution in [-0.2, 0) is 9.84 Å². The summed E-state index contributed by atoms with van der Waals surface area (Å²) in [4.78, 5) is -0.430. The van der Waals surface area contributed by atoms with Crippen LogP contribution in [-0.4, -0.2) is 20.2 Å². The van der Waals surface area contributed by atoms with Gasteiger partial charge >= 0.3 is 0 Å². The molecule has 1 aromatic rings. The lowest BCUT2D eigenvalue weighted by atomic mass is 10.0. The van der Waals surface area contributed by atoms with Crippen LogP contribution in [0.15, 0.2) is 23.1 Å². The van der Waals surface area contributed by atoms with E-state index in [1.165, 1.54) is 0 Å². The maximum absolute atomic E-state index is 13.5. The zero-order valence-electron chi connectivity index (χ0n) is 10.5. The number of nitrogens with two attached hydrogens (primary N) is 1. The fraction of sp³-hybridized carbons (Fsp3) is 0.538. The third kappa shape index (κ3) is 3.30. The molecule has 0 spiro atoms. The maximum atomic E-state index is 13.5. The molecular weight excluding hydrogens is 272 g/mol. The average molecular weight is 289 g/mol. The third-order valence-electron chi connectivity index (χ3n) is 3.70. The highest BCUT2D eigenvalue weighted by Gasteiger charge is 2.27. The first-order chi connectivity index (χ1) is 8.90. The summed E-state index contributed by atoms with van der Waals surface area (Å²) in [5.41, 5.74) is 5.88. The van der Waals surface area contributed by atoms with Crippen molar-refractivity contribution in [3.8, 4) is 0 Å². The van der Waals surface area contributed by atoms with Crippen LogP contribution in [0.2, 0.25) is 0 Å². The third-order valence-corrected chi connectivity index (χ3v) is 5.48. The minimum atomic E-state index is -3.72. The maximum Gasteiger partial charge on any atom is 0.181 e. The van der Waals surface area contributed by atoms with Crippen molar-refractivity contribution in [1.29, 1.82) is 0 Å². The summed E-state index contributed by atoms with van der Waals surface area (Å²) in [5.74, 6) is -1.78. The van der Waals surface area contributed by atoms with E-state index in [0.29, 0.717) is 12.5 Å². The topological polar surface area (TPSA) is 60.2 Å². The van der Waals surface area contributed by atoms with Crippen LogP contribution in [0.1, 0.15) is 25.7 Å². The van der Waals surface area contributed by atoms with Crippen molar-refractivity contribution in [3.05, 3.63) is 29.8 Å². The standard InChI is InChI=1S/C13H17F2NO2S/c14-10-4-5-13(11(15)8-10)19(17,18)7-6-9-2-1-3-12(9)16/h4-5,8-9,12H,1-3,6-7,16H2. The molecule has 1 saturated carbocycles. The zero-order chi connectivity index (χ0) is 14.0. The number of sulfone groups is 1. The van der Waals surface area contributed by atoms with E-state index < -0.39 is 26.4 Å². The van der Waals surface area contributed by atoms with Gasteiger partial charge in [-0.1, -0.05) is 6.42 Å². The van der Waals surface area contributed by atoms with Crippen LogP contribution >= 0.6 is 0 Å². The first-order valence-electron chi connectivity index (χ1n) is 6.33. The monoisotopic (exact) mass is 289 g/mol. The van der Waals surface area contributed by atoms with E-state index >= 15 is 0 Å². The highest BCUT2D eigenvalue weighted by molar-refractivity contribution is 7.91. The van der Waals surface area contributed by atoms with Gasteiger partial charge in [-0.25, -0.2) is 17.2 Å². The van der Waals surface area contributed by atoms with Crippen molar-refractivity contribution in [1.82, 2.24) is 0 Å². The van der Waals surface area contributed by atoms with Crippen molar-refractivity contribution < 1.29 is 17.2 Å². The molecule has 6 heteroatoms. The van der Waals surface area contributed by atoms with Gasteiger partial charge in [0.25, 0.3) is 0 Å². The molecule has 2 atom stereocenters. The van der Waals surface area contributed by atoms with E-state index in [0.717, 1.165) is 31.4 Å². The fourth-order valence-corrected chi connectivity index (χ4v) is 4.03. The number of hydrogen-bond acceptors (Lipinski definition) is 3. The van der Waals surface area contributed by atoms with Gasteiger partial charge in [0.15, 0.2) is 9.84 Å². The Morgan fingerprint density at radius 3 is 2.58 bits per heavy atom. The van der Waals surface area contributed by atoms with Crippen molar-refractivity contribution in [2.75, 3.05) is 5.75 Å². The smallest absolute Gasteiger partial charge is 0.181 e.